The second-order valence-electron chi connectivity index (χ2n) is 6.72. The highest BCUT2D eigenvalue weighted by molar-refractivity contribution is 5.69. The Labute approximate surface area is 145 Å². The van der Waals surface area contributed by atoms with Crippen LogP contribution < -0.4 is 0 Å². The molecule has 2 heteroatoms. The molecule has 1 atom stereocenters. The van der Waals surface area contributed by atoms with E-state index in [1.165, 1.54) is 64.2 Å². The van der Waals surface area contributed by atoms with Crippen molar-refractivity contribution in [2.24, 2.45) is 0 Å². The molecule has 0 unspecified atom stereocenters. The molecule has 0 bridgehead atoms. The van der Waals surface area contributed by atoms with Crippen molar-refractivity contribution in [1.29, 1.82) is 0 Å². The van der Waals surface area contributed by atoms with E-state index >= 15 is 0 Å². The molecule has 0 aliphatic rings. The van der Waals surface area contributed by atoms with Crippen LogP contribution in [0.25, 0.3) is 0 Å². The molecule has 0 aromatic carbocycles. The van der Waals surface area contributed by atoms with Gasteiger partial charge in [0, 0.05) is 6.42 Å². The third kappa shape index (κ3) is 17.4. The Hall–Kier alpha value is -0.790. The van der Waals surface area contributed by atoms with Gasteiger partial charge in [-0.25, -0.2) is 0 Å². The number of unbranched alkanes of at least 4 members (excludes halogenated alkanes) is 9. The minimum Gasteiger partial charge on any atom is -0.463 e. The minimum atomic E-state index is -0.0439. The summed E-state index contributed by atoms with van der Waals surface area (Å²) >= 11 is 0. The van der Waals surface area contributed by atoms with E-state index < -0.39 is 0 Å². The third-order valence-corrected chi connectivity index (χ3v) is 4.16. The molecule has 0 radical (unpaired) electrons. The van der Waals surface area contributed by atoms with Crippen LogP contribution in [0.15, 0.2) is 12.2 Å². The van der Waals surface area contributed by atoms with E-state index in [1.807, 2.05) is 13.8 Å². The zero-order chi connectivity index (χ0) is 17.2. The van der Waals surface area contributed by atoms with Crippen molar-refractivity contribution < 1.29 is 9.53 Å². The molecule has 23 heavy (non-hydrogen) atoms. The Kier molecular flexibility index (Phi) is 17.0. The molecule has 0 heterocycles. The molecular weight excluding hydrogens is 284 g/mol. The van der Waals surface area contributed by atoms with Gasteiger partial charge in [0.05, 0.1) is 6.10 Å². The summed E-state index contributed by atoms with van der Waals surface area (Å²) in [5, 5.41) is 0. The van der Waals surface area contributed by atoms with Gasteiger partial charge in [0.25, 0.3) is 0 Å². The minimum absolute atomic E-state index is 0.0439. The fourth-order valence-electron chi connectivity index (χ4n) is 2.70. The van der Waals surface area contributed by atoms with Crippen molar-refractivity contribution in [2.45, 2.75) is 117 Å². The van der Waals surface area contributed by atoms with Crippen LogP contribution in [-0.2, 0) is 9.53 Å². The van der Waals surface area contributed by atoms with Crippen molar-refractivity contribution in [3.8, 4) is 0 Å². The van der Waals surface area contributed by atoms with Crippen LogP contribution in [0.1, 0.15) is 111 Å². The van der Waals surface area contributed by atoms with Gasteiger partial charge in [0.2, 0.25) is 0 Å². The van der Waals surface area contributed by atoms with E-state index in [-0.39, 0.29) is 12.1 Å². The summed E-state index contributed by atoms with van der Waals surface area (Å²) in [7, 11) is 0. The Morgan fingerprint density at radius 3 is 2.00 bits per heavy atom. The van der Waals surface area contributed by atoms with Gasteiger partial charge in [-0.2, -0.15) is 0 Å². The van der Waals surface area contributed by atoms with E-state index in [2.05, 4.69) is 19.1 Å². The number of carbonyl (C=O) groups is 1. The second-order valence-corrected chi connectivity index (χ2v) is 6.72. The Morgan fingerprint density at radius 2 is 1.39 bits per heavy atom. The van der Waals surface area contributed by atoms with Gasteiger partial charge in [-0.3, -0.25) is 4.79 Å². The number of allylic oxidation sites excluding steroid dienone is 2. The molecule has 0 aromatic heterocycles. The number of rotatable bonds is 16. The first-order valence-corrected chi connectivity index (χ1v) is 10.0. The first kappa shape index (κ1) is 22.2. The van der Waals surface area contributed by atoms with E-state index in [1.54, 1.807) is 0 Å². The SMILES string of the molecule is CCCCCCCC/C=C\CCCCC[C@@H](C)OC(=O)CCC. The molecule has 0 aliphatic carbocycles. The monoisotopic (exact) mass is 324 g/mol. The van der Waals surface area contributed by atoms with E-state index in [0.29, 0.717) is 6.42 Å². The summed E-state index contributed by atoms with van der Waals surface area (Å²) in [6, 6.07) is 0. The van der Waals surface area contributed by atoms with Crippen molar-refractivity contribution in [2.75, 3.05) is 0 Å². The van der Waals surface area contributed by atoms with Gasteiger partial charge < -0.3 is 4.74 Å². The van der Waals surface area contributed by atoms with Crippen LogP contribution in [0.2, 0.25) is 0 Å². The lowest BCUT2D eigenvalue weighted by Gasteiger charge is -2.12. The van der Waals surface area contributed by atoms with Crippen LogP contribution in [0.4, 0.5) is 0 Å². The fourth-order valence-corrected chi connectivity index (χ4v) is 2.70. The summed E-state index contributed by atoms with van der Waals surface area (Å²) < 4.78 is 5.34. The van der Waals surface area contributed by atoms with E-state index in [9.17, 15) is 4.79 Å². The fraction of sp³-hybridized carbons (Fsp3) is 0.857. The summed E-state index contributed by atoms with van der Waals surface area (Å²) in [5.74, 6) is -0.0439. The number of esters is 1. The van der Waals surface area contributed by atoms with Crippen molar-refractivity contribution in [1.82, 2.24) is 0 Å². The maximum Gasteiger partial charge on any atom is 0.306 e. The molecule has 0 saturated carbocycles. The zero-order valence-electron chi connectivity index (χ0n) is 15.9. The molecule has 0 aliphatic heterocycles. The van der Waals surface area contributed by atoms with Crippen LogP contribution in [0.5, 0.6) is 0 Å². The third-order valence-electron chi connectivity index (χ3n) is 4.16. The predicted molar refractivity (Wildman–Crippen MR) is 101 cm³/mol. The average Bonchev–Trinajstić information content (AvgIpc) is 2.52. The number of hydrogen-bond acceptors (Lipinski definition) is 2. The lowest BCUT2D eigenvalue weighted by Crippen LogP contribution is -2.14. The first-order valence-electron chi connectivity index (χ1n) is 10.0. The molecule has 0 fully saturated rings. The molecule has 0 saturated heterocycles. The second kappa shape index (κ2) is 17.6. The Bertz CT molecular complexity index is 284. The largest absolute Gasteiger partial charge is 0.463 e. The van der Waals surface area contributed by atoms with Crippen LogP contribution in [-0.4, -0.2) is 12.1 Å². The topological polar surface area (TPSA) is 26.3 Å². The van der Waals surface area contributed by atoms with Crippen LogP contribution >= 0.6 is 0 Å². The highest BCUT2D eigenvalue weighted by Crippen LogP contribution is 2.11. The summed E-state index contributed by atoms with van der Waals surface area (Å²) in [4.78, 5) is 11.4. The van der Waals surface area contributed by atoms with Gasteiger partial charge >= 0.3 is 5.97 Å². The van der Waals surface area contributed by atoms with Crippen LogP contribution in [0.3, 0.4) is 0 Å². The van der Waals surface area contributed by atoms with Crippen molar-refractivity contribution in [3.63, 3.8) is 0 Å². The molecule has 0 aromatic rings. The maximum atomic E-state index is 11.4. The molecule has 136 valence electrons. The van der Waals surface area contributed by atoms with E-state index in [0.717, 1.165) is 19.3 Å². The van der Waals surface area contributed by atoms with Gasteiger partial charge in [0.1, 0.15) is 0 Å². The summed E-state index contributed by atoms with van der Waals surface area (Å²) in [5.41, 5.74) is 0. The van der Waals surface area contributed by atoms with E-state index in [4.69, 9.17) is 4.74 Å². The smallest absolute Gasteiger partial charge is 0.306 e. The average molecular weight is 325 g/mol. The number of carbonyl (C=O) groups excluding carboxylic acids is 1. The lowest BCUT2D eigenvalue weighted by atomic mass is 10.1. The van der Waals surface area contributed by atoms with Gasteiger partial charge in [-0.05, 0) is 51.9 Å². The standard InChI is InChI=1S/C21H40O2/c1-4-6-7-8-9-10-11-12-13-14-15-16-17-19-20(3)23-21(22)18-5-2/h12-13,20H,4-11,14-19H2,1-3H3/b13-12-/t20-/m1/s1. The lowest BCUT2D eigenvalue weighted by molar-refractivity contribution is -0.148. The molecule has 0 N–H and O–H groups in total. The first-order chi connectivity index (χ1) is 11.2. The molecule has 2 nitrogen and oxygen atoms in total. The summed E-state index contributed by atoms with van der Waals surface area (Å²) in [6.07, 6.45) is 21.6. The normalized spacial score (nSPS) is 12.7. The van der Waals surface area contributed by atoms with Gasteiger partial charge in [0.15, 0.2) is 0 Å². The van der Waals surface area contributed by atoms with Crippen molar-refractivity contribution >= 4 is 5.97 Å². The number of hydrogen-bond donors (Lipinski definition) is 0. The highest BCUT2D eigenvalue weighted by atomic mass is 16.5. The predicted octanol–water partition coefficient (Wildman–Crippen LogP) is 6.98. The zero-order valence-corrected chi connectivity index (χ0v) is 15.9. The highest BCUT2D eigenvalue weighted by Gasteiger charge is 2.07. The van der Waals surface area contributed by atoms with Gasteiger partial charge in [-0.15, -0.1) is 0 Å². The Morgan fingerprint density at radius 1 is 0.826 bits per heavy atom. The number of ether oxygens (including phenoxy) is 1. The molecule has 0 rings (SSSR count). The van der Waals surface area contributed by atoms with Crippen LogP contribution in [0, 0.1) is 0 Å². The molecule has 0 amide bonds. The Balaban J connectivity index is 3.28. The van der Waals surface area contributed by atoms with Gasteiger partial charge in [-0.1, -0.05) is 64.5 Å². The quantitative estimate of drug-likeness (QED) is 0.174. The summed E-state index contributed by atoms with van der Waals surface area (Å²) in [6.45, 7) is 6.28. The van der Waals surface area contributed by atoms with Crippen molar-refractivity contribution in [3.05, 3.63) is 12.2 Å². The molecule has 0 spiro atoms. The molecular formula is C21H40O2. The maximum absolute atomic E-state index is 11.4.